The molecular formula is C22H26N2O6S. The lowest BCUT2D eigenvalue weighted by Crippen LogP contribution is -2.45. The number of sulfonamides is 1. The first-order chi connectivity index (χ1) is 14.8. The largest absolute Gasteiger partial charge is 0.497 e. The van der Waals surface area contributed by atoms with Gasteiger partial charge in [-0.05, 0) is 61.4 Å². The molecule has 2 aromatic carbocycles. The fourth-order valence-electron chi connectivity index (χ4n) is 3.61. The van der Waals surface area contributed by atoms with Gasteiger partial charge in [0.05, 0.1) is 24.7 Å². The molecule has 31 heavy (non-hydrogen) atoms. The van der Waals surface area contributed by atoms with E-state index in [0.717, 1.165) is 12.8 Å². The maximum atomic E-state index is 13.2. The minimum absolute atomic E-state index is 0.0497. The highest BCUT2D eigenvalue weighted by molar-refractivity contribution is 7.89. The van der Waals surface area contributed by atoms with Crippen molar-refractivity contribution in [3.8, 4) is 5.75 Å². The van der Waals surface area contributed by atoms with Crippen molar-refractivity contribution in [3.63, 3.8) is 0 Å². The van der Waals surface area contributed by atoms with Crippen LogP contribution in [0.1, 0.15) is 36.0 Å². The van der Waals surface area contributed by atoms with E-state index in [9.17, 15) is 18.0 Å². The van der Waals surface area contributed by atoms with E-state index < -0.39 is 22.0 Å². The third-order valence-corrected chi connectivity index (χ3v) is 7.22. The van der Waals surface area contributed by atoms with Crippen LogP contribution in [0, 0.1) is 0 Å². The molecule has 1 heterocycles. The van der Waals surface area contributed by atoms with Crippen LogP contribution >= 0.6 is 0 Å². The summed E-state index contributed by atoms with van der Waals surface area (Å²) in [4.78, 5) is 24.3. The first-order valence-corrected chi connectivity index (χ1v) is 11.4. The molecule has 0 aliphatic carbocycles. The normalized spacial score (nSPS) is 17.0. The summed E-state index contributed by atoms with van der Waals surface area (Å²) in [7, 11) is -0.907. The molecule has 0 spiro atoms. The molecular weight excluding hydrogens is 420 g/mol. The smallest absolute Gasteiger partial charge is 0.337 e. The van der Waals surface area contributed by atoms with Crippen molar-refractivity contribution < 1.29 is 27.5 Å². The Labute approximate surface area is 182 Å². The molecule has 0 bridgehead atoms. The van der Waals surface area contributed by atoms with Crippen LogP contribution in [0.3, 0.4) is 0 Å². The Hall–Kier alpha value is -2.91. The molecule has 3 rings (SSSR count). The second kappa shape index (κ2) is 9.93. The van der Waals surface area contributed by atoms with Crippen molar-refractivity contribution in [2.24, 2.45) is 0 Å². The van der Waals surface area contributed by atoms with Crippen molar-refractivity contribution in [1.29, 1.82) is 0 Å². The number of anilines is 1. The highest BCUT2D eigenvalue weighted by atomic mass is 32.2. The van der Waals surface area contributed by atoms with Gasteiger partial charge in [0.2, 0.25) is 15.9 Å². The SMILES string of the molecule is COC(=O)c1ccc(NC(=O)C[C@@H]2CCCCN2S(=O)(=O)c2ccc(OC)cc2)cc1. The van der Waals surface area contributed by atoms with Crippen LogP contribution in [0.5, 0.6) is 5.75 Å². The van der Waals surface area contributed by atoms with Crippen LogP contribution in [0.25, 0.3) is 0 Å². The number of ether oxygens (including phenoxy) is 2. The lowest BCUT2D eigenvalue weighted by molar-refractivity contribution is -0.117. The number of hydrogen-bond donors (Lipinski definition) is 1. The van der Waals surface area contributed by atoms with Crippen LogP contribution in [0.2, 0.25) is 0 Å². The van der Waals surface area contributed by atoms with E-state index in [1.807, 2.05) is 0 Å². The zero-order chi connectivity index (χ0) is 22.4. The molecule has 2 aromatic rings. The van der Waals surface area contributed by atoms with Gasteiger partial charge < -0.3 is 14.8 Å². The third-order valence-electron chi connectivity index (χ3n) is 5.25. The first-order valence-electron chi connectivity index (χ1n) is 9.99. The number of rotatable bonds is 7. The molecule has 1 fully saturated rings. The van der Waals surface area contributed by atoms with Crippen LogP contribution in [-0.4, -0.2) is 51.4 Å². The second-order valence-corrected chi connectivity index (χ2v) is 9.15. The van der Waals surface area contributed by atoms with Gasteiger partial charge in [-0.3, -0.25) is 4.79 Å². The molecule has 1 aliphatic heterocycles. The lowest BCUT2D eigenvalue weighted by Gasteiger charge is -2.34. The Morgan fingerprint density at radius 1 is 1.03 bits per heavy atom. The van der Waals surface area contributed by atoms with Crippen molar-refractivity contribution in [2.75, 3.05) is 26.1 Å². The van der Waals surface area contributed by atoms with Crippen molar-refractivity contribution >= 4 is 27.6 Å². The Morgan fingerprint density at radius 3 is 2.32 bits per heavy atom. The lowest BCUT2D eigenvalue weighted by atomic mass is 10.0. The standard InChI is InChI=1S/C22H26N2O6S/c1-29-19-10-12-20(13-11-19)31(27,28)24-14-4-3-5-18(24)15-21(25)23-17-8-6-16(7-9-17)22(26)30-2/h6-13,18H,3-5,14-15H2,1-2H3,(H,23,25)/t18-/m0/s1. The minimum atomic E-state index is -3.73. The molecule has 1 N–H and O–H groups in total. The predicted octanol–water partition coefficient (Wildman–Crippen LogP) is 3.05. The number of amides is 1. The molecule has 1 atom stereocenters. The molecule has 1 amide bonds. The number of esters is 1. The fraction of sp³-hybridized carbons (Fsp3) is 0.364. The number of carbonyl (C=O) groups is 2. The highest BCUT2D eigenvalue weighted by Gasteiger charge is 2.34. The number of nitrogens with one attached hydrogen (secondary N) is 1. The molecule has 166 valence electrons. The molecule has 0 unspecified atom stereocenters. The van der Waals surface area contributed by atoms with Crippen molar-refractivity contribution in [3.05, 3.63) is 54.1 Å². The average molecular weight is 447 g/mol. The van der Waals surface area contributed by atoms with Crippen LogP contribution in [0.4, 0.5) is 5.69 Å². The molecule has 9 heteroatoms. The zero-order valence-electron chi connectivity index (χ0n) is 17.5. The number of nitrogens with zero attached hydrogens (tertiary/aromatic N) is 1. The monoisotopic (exact) mass is 446 g/mol. The summed E-state index contributed by atoms with van der Waals surface area (Å²) in [5.74, 6) is -0.168. The first kappa shape index (κ1) is 22.8. The van der Waals surface area contributed by atoms with Gasteiger partial charge >= 0.3 is 5.97 Å². The van der Waals surface area contributed by atoms with E-state index in [2.05, 4.69) is 10.1 Å². The van der Waals surface area contributed by atoms with Crippen molar-refractivity contribution in [1.82, 2.24) is 4.31 Å². The summed E-state index contributed by atoms with van der Waals surface area (Å²) < 4.78 is 37.5. The average Bonchev–Trinajstić information content (AvgIpc) is 2.79. The summed E-state index contributed by atoms with van der Waals surface area (Å²) in [5.41, 5.74) is 0.905. The maximum absolute atomic E-state index is 13.2. The zero-order valence-corrected chi connectivity index (χ0v) is 18.4. The predicted molar refractivity (Wildman–Crippen MR) is 116 cm³/mol. The van der Waals surface area contributed by atoms with Gasteiger partial charge in [0.1, 0.15) is 5.75 Å². The van der Waals surface area contributed by atoms with Gasteiger partial charge in [0.25, 0.3) is 0 Å². The Kier molecular flexibility index (Phi) is 7.29. The summed E-state index contributed by atoms with van der Waals surface area (Å²) in [6.45, 7) is 0.375. The number of carbonyl (C=O) groups excluding carboxylic acids is 2. The van der Waals surface area contributed by atoms with Crippen molar-refractivity contribution in [2.45, 2.75) is 36.6 Å². The molecule has 0 aromatic heterocycles. The van der Waals surface area contributed by atoms with Gasteiger partial charge in [-0.25, -0.2) is 13.2 Å². The number of hydrogen-bond acceptors (Lipinski definition) is 6. The van der Waals surface area contributed by atoms with E-state index in [-0.39, 0.29) is 17.2 Å². The Balaban J connectivity index is 1.70. The van der Waals surface area contributed by atoms with Gasteiger partial charge in [0.15, 0.2) is 0 Å². The molecule has 1 saturated heterocycles. The minimum Gasteiger partial charge on any atom is -0.497 e. The Bertz CT molecular complexity index is 1020. The van der Waals surface area contributed by atoms with E-state index >= 15 is 0 Å². The van der Waals surface area contributed by atoms with Gasteiger partial charge in [0, 0.05) is 24.7 Å². The number of methoxy groups -OCH3 is 2. The van der Waals surface area contributed by atoms with E-state index in [0.29, 0.717) is 30.0 Å². The molecule has 0 radical (unpaired) electrons. The van der Waals surface area contributed by atoms with Gasteiger partial charge in [-0.2, -0.15) is 4.31 Å². The summed E-state index contributed by atoms with van der Waals surface area (Å²) in [6.07, 6.45) is 2.28. The highest BCUT2D eigenvalue weighted by Crippen LogP contribution is 2.28. The summed E-state index contributed by atoms with van der Waals surface area (Å²) >= 11 is 0. The number of piperidine rings is 1. The summed E-state index contributed by atoms with van der Waals surface area (Å²) in [6, 6.07) is 12.2. The second-order valence-electron chi connectivity index (χ2n) is 7.26. The molecule has 8 nitrogen and oxygen atoms in total. The third kappa shape index (κ3) is 5.42. The van der Waals surface area contributed by atoms with Crippen LogP contribution < -0.4 is 10.1 Å². The van der Waals surface area contributed by atoms with E-state index in [1.165, 1.54) is 30.7 Å². The molecule has 0 saturated carbocycles. The van der Waals surface area contributed by atoms with Gasteiger partial charge in [-0.1, -0.05) is 6.42 Å². The fourth-order valence-corrected chi connectivity index (χ4v) is 5.30. The van der Waals surface area contributed by atoms with Gasteiger partial charge in [-0.15, -0.1) is 0 Å². The molecule has 1 aliphatic rings. The van der Waals surface area contributed by atoms with E-state index in [4.69, 9.17) is 4.74 Å². The summed E-state index contributed by atoms with van der Waals surface area (Å²) in [5, 5.41) is 2.77. The topological polar surface area (TPSA) is 102 Å². The van der Waals surface area contributed by atoms with E-state index in [1.54, 1.807) is 36.4 Å². The van der Waals surface area contributed by atoms with Crippen LogP contribution in [-0.2, 0) is 19.6 Å². The quantitative estimate of drug-likeness (QED) is 0.656. The number of benzene rings is 2. The maximum Gasteiger partial charge on any atom is 0.337 e. The van der Waals surface area contributed by atoms with Crippen LogP contribution in [0.15, 0.2) is 53.4 Å². The Morgan fingerprint density at radius 2 is 1.71 bits per heavy atom.